The van der Waals surface area contributed by atoms with Crippen LogP contribution in [0, 0.1) is 22.9 Å². The summed E-state index contributed by atoms with van der Waals surface area (Å²) in [6.45, 7) is 4.45. The minimum absolute atomic E-state index is 0.112. The van der Waals surface area contributed by atoms with Crippen LogP contribution in [-0.4, -0.2) is 17.7 Å². The van der Waals surface area contributed by atoms with E-state index in [4.69, 9.17) is 4.74 Å². The lowest BCUT2D eigenvalue weighted by atomic mass is 9.82. The maximum absolute atomic E-state index is 13.1. The second-order valence-corrected chi connectivity index (χ2v) is 4.64. The third-order valence-corrected chi connectivity index (χ3v) is 2.81. The Bertz CT molecular complexity index is 463. The average molecular weight is 276 g/mol. The van der Waals surface area contributed by atoms with Crippen molar-refractivity contribution < 1.29 is 27.8 Å². The first kappa shape index (κ1) is 15.5. The van der Waals surface area contributed by atoms with Crippen molar-refractivity contribution in [2.24, 2.45) is 5.41 Å². The highest BCUT2D eigenvalue weighted by atomic mass is 19.2. The molecule has 0 aromatic heterocycles. The van der Waals surface area contributed by atoms with Crippen LogP contribution in [0.25, 0.3) is 0 Å². The molecule has 0 amide bonds. The minimum atomic E-state index is -1.62. The van der Waals surface area contributed by atoms with E-state index in [1.165, 1.54) is 13.8 Å². The fraction of sp³-hybridized carbons (Fsp3) is 0.462. The predicted octanol–water partition coefficient (Wildman–Crippen LogP) is 2.73. The Morgan fingerprint density at radius 3 is 2.21 bits per heavy atom. The normalized spacial score (nSPS) is 13.2. The maximum atomic E-state index is 13.1. The highest BCUT2D eigenvalue weighted by Gasteiger charge is 2.38. The smallest absolute Gasteiger partial charge is 0.314 e. The van der Waals surface area contributed by atoms with Crippen molar-refractivity contribution in [3.63, 3.8) is 0 Å². The van der Waals surface area contributed by atoms with Crippen molar-refractivity contribution in [3.8, 4) is 0 Å². The Balaban J connectivity index is 3.12. The van der Waals surface area contributed by atoms with Gasteiger partial charge in [0.25, 0.3) is 0 Å². The number of hydrogen-bond donors (Lipinski definition) is 1. The maximum Gasteiger partial charge on any atom is 0.314 e. The minimum Gasteiger partial charge on any atom is -0.465 e. The van der Waals surface area contributed by atoms with Gasteiger partial charge in [0.2, 0.25) is 0 Å². The molecule has 1 aromatic rings. The number of rotatable bonds is 4. The summed E-state index contributed by atoms with van der Waals surface area (Å²) in [5.41, 5.74) is -1.64. The zero-order valence-electron chi connectivity index (χ0n) is 10.8. The number of aliphatic hydroxyl groups is 1. The molecule has 1 N–H and O–H groups in total. The van der Waals surface area contributed by atoms with Crippen LogP contribution in [0.5, 0.6) is 0 Å². The number of benzene rings is 1. The van der Waals surface area contributed by atoms with Crippen molar-refractivity contribution in [1.82, 2.24) is 0 Å². The summed E-state index contributed by atoms with van der Waals surface area (Å²) in [4.78, 5) is 11.7. The number of hydrogen-bond acceptors (Lipinski definition) is 3. The molecule has 0 saturated heterocycles. The lowest BCUT2D eigenvalue weighted by Crippen LogP contribution is -2.33. The van der Waals surface area contributed by atoms with Crippen molar-refractivity contribution in [1.29, 1.82) is 0 Å². The van der Waals surface area contributed by atoms with Gasteiger partial charge in [-0.1, -0.05) is 0 Å². The topological polar surface area (TPSA) is 46.5 Å². The third kappa shape index (κ3) is 3.07. The Labute approximate surface area is 109 Å². The van der Waals surface area contributed by atoms with Crippen molar-refractivity contribution >= 4 is 5.97 Å². The van der Waals surface area contributed by atoms with E-state index in [1.54, 1.807) is 6.92 Å². The first-order valence-electron chi connectivity index (χ1n) is 5.71. The van der Waals surface area contributed by atoms with Crippen LogP contribution in [0.3, 0.4) is 0 Å². The van der Waals surface area contributed by atoms with Crippen LogP contribution >= 0.6 is 0 Å². The van der Waals surface area contributed by atoms with E-state index in [-0.39, 0.29) is 12.2 Å². The van der Waals surface area contributed by atoms with Crippen LogP contribution in [0.2, 0.25) is 0 Å². The van der Waals surface area contributed by atoms with E-state index >= 15 is 0 Å². The third-order valence-electron chi connectivity index (χ3n) is 2.81. The fourth-order valence-electron chi connectivity index (χ4n) is 1.58. The van der Waals surface area contributed by atoms with E-state index in [9.17, 15) is 23.1 Å². The molecule has 6 heteroatoms. The fourth-order valence-corrected chi connectivity index (χ4v) is 1.58. The van der Waals surface area contributed by atoms with Gasteiger partial charge in [-0.25, -0.2) is 13.2 Å². The Kier molecular flexibility index (Phi) is 4.57. The molecule has 0 radical (unpaired) electrons. The molecule has 0 aliphatic rings. The molecule has 0 heterocycles. The molecule has 0 spiro atoms. The molecular formula is C13H15F3O3. The number of aliphatic hydroxyl groups excluding tert-OH is 1. The molecule has 0 bridgehead atoms. The van der Waals surface area contributed by atoms with Gasteiger partial charge in [0, 0.05) is 0 Å². The number of ether oxygens (including phenoxy) is 1. The zero-order valence-corrected chi connectivity index (χ0v) is 10.8. The van der Waals surface area contributed by atoms with Gasteiger partial charge in [-0.3, -0.25) is 4.79 Å². The average Bonchev–Trinajstić information content (AvgIpc) is 2.34. The predicted molar refractivity (Wildman–Crippen MR) is 61.7 cm³/mol. The number of halogens is 3. The molecular weight excluding hydrogens is 261 g/mol. The lowest BCUT2D eigenvalue weighted by Gasteiger charge is -2.28. The summed E-state index contributed by atoms with van der Waals surface area (Å²) in [6, 6.07) is 1.31. The van der Waals surface area contributed by atoms with Crippen LogP contribution in [0.15, 0.2) is 12.1 Å². The van der Waals surface area contributed by atoms with Crippen LogP contribution < -0.4 is 0 Å². The van der Waals surface area contributed by atoms with E-state index in [1.807, 2.05) is 0 Å². The summed E-state index contributed by atoms with van der Waals surface area (Å²) in [5, 5.41) is 10.0. The van der Waals surface area contributed by atoms with E-state index in [0.717, 1.165) is 0 Å². The second kappa shape index (κ2) is 5.61. The Morgan fingerprint density at radius 2 is 1.79 bits per heavy atom. The van der Waals surface area contributed by atoms with Gasteiger partial charge < -0.3 is 9.84 Å². The van der Waals surface area contributed by atoms with Crippen molar-refractivity contribution in [2.75, 3.05) is 6.61 Å². The van der Waals surface area contributed by atoms with Gasteiger partial charge >= 0.3 is 5.97 Å². The highest BCUT2D eigenvalue weighted by Crippen LogP contribution is 2.35. The number of carbonyl (C=O) groups is 1. The first-order chi connectivity index (χ1) is 8.71. The number of carbonyl (C=O) groups excluding carboxylic acids is 1. The second-order valence-electron chi connectivity index (χ2n) is 4.64. The van der Waals surface area contributed by atoms with Gasteiger partial charge in [-0.05, 0) is 38.5 Å². The van der Waals surface area contributed by atoms with E-state index in [0.29, 0.717) is 12.1 Å². The molecule has 0 fully saturated rings. The van der Waals surface area contributed by atoms with Crippen LogP contribution in [-0.2, 0) is 9.53 Å². The van der Waals surface area contributed by atoms with Gasteiger partial charge in [-0.15, -0.1) is 0 Å². The quantitative estimate of drug-likeness (QED) is 0.679. The molecule has 0 aliphatic heterocycles. The van der Waals surface area contributed by atoms with Gasteiger partial charge in [0.05, 0.1) is 18.1 Å². The molecule has 0 saturated carbocycles. The summed E-state index contributed by atoms with van der Waals surface area (Å²) in [7, 11) is 0. The largest absolute Gasteiger partial charge is 0.465 e. The molecule has 1 aromatic carbocycles. The SMILES string of the molecule is CCOC(=O)C(C)(C)C(O)c1cc(F)c(F)c(F)c1. The first-order valence-corrected chi connectivity index (χ1v) is 5.71. The van der Waals surface area contributed by atoms with Gasteiger partial charge in [-0.2, -0.15) is 0 Å². The van der Waals surface area contributed by atoms with Gasteiger partial charge in [0.1, 0.15) is 0 Å². The molecule has 3 nitrogen and oxygen atoms in total. The zero-order chi connectivity index (χ0) is 14.8. The monoisotopic (exact) mass is 276 g/mol. The molecule has 106 valence electrons. The van der Waals surface area contributed by atoms with Crippen LogP contribution in [0.4, 0.5) is 13.2 Å². The highest BCUT2D eigenvalue weighted by molar-refractivity contribution is 5.77. The summed E-state index contributed by atoms with van der Waals surface area (Å²) >= 11 is 0. The van der Waals surface area contributed by atoms with Gasteiger partial charge in [0.15, 0.2) is 17.5 Å². The van der Waals surface area contributed by atoms with Crippen molar-refractivity contribution in [2.45, 2.75) is 26.9 Å². The molecule has 1 rings (SSSR count). The standard InChI is InChI=1S/C13H15F3O3/c1-4-19-12(18)13(2,3)11(17)7-5-8(14)10(16)9(15)6-7/h5-6,11,17H,4H2,1-3H3. The van der Waals surface area contributed by atoms with E-state index < -0.39 is 34.9 Å². The van der Waals surface area contributed by atoms with E-state index in [2.05, 4.69) is 0 Å². The summed E-state index contributed by atoms with van der Waals surface area (Å²) in [6.07, 6.45) is -1.52. The Hall–Kier alpha value is -1.56. The molecule has 1 unspecified atom stereocenters. The van der Waals surface area contributed by atoms with Crippen molar-refractivity contribution in [3.05, 3.63) is 35.1 Å². The summed E-state index contributed by atoms with van der Waals surface area (Å²) in [5.74, 6) is -5.18. The molecule has 1 atom stereocenters. The Morgan fingerprint density at radius 1 is 1.32 bits per heavy atom. The molecule has 19 heavy (non-hydrogen) atoms. The lowest BCUT2D eigenvalue weighted by molar-refractivity contribution is -0.160. The summed E-state index contributed by atoms with van der Waals surface area (Å²) < 4.78 is 43.8. The number of esters is 1. The molecule has 0 aliphatic carbocycles. The van der Waals surface area contributed by atoms with Crippen LogP contribution in [0.1, 0.15) is 32.4 Å².